The van der Waals surface area contributed by atoms with Crippen LogP contribution in [0.25, 0.3) is 5.70 Å². The van der Waals surface area contributed by atoms with Gasteiger partial charge in [0.2, 0.25) is 0 Å². The van der Waals surface area contributed by atoms with Crippen LogP contribution in [0.1, 0.15) is 32.3 Å². The van der Waals surface area contributed by atoms with Gasteiger partial charge in [-0.3, -0.25) is 4.99 Å². The van der Waals surface area contributed by atoms with Gasteiger partial charge < -0.3 is 10.6 Å². The Hall–Kier alpha value is -2.10. The molecule has 1 aromatic carbocycles. The number of benzene rings is 1. The summed E-state index contributed by atoms with van der Waals surface area (Å²) in [7, 11) is 1.83. The Labute approximate surface area is 143 Å². The highest BCUT2D eigenvalue weighted by molar-refractivity contribution is 5.93. The van der Waals surface area contributed by atoms with E-state index in [1.54, 1.807) is 12.1 Å². The van der Waals surface area contributed by atoms with Crippen LogP contribution < -0.4 is 5.73 Å². The van der Waals surface area contributed by atoms with E-state index in [-0.39, 0.29) is 5.82 Å². The zero-order valence-corrected chi connectivity index (χ0v) is 14.8. The van der Waals surface area contributed by atoms with Crippen molar-refractivity contribution in [1.29, 1.82) is 0 Å². The summed E-state index contributed by atoms with van der Waals surface area (Å²) in [4.78, 5) is 6.37. The van der Waals surface area contributed by atoms with Crippen LogP contribution in [0.3, 0.4) is 0 Å². The number of nitrogens with two attached hydrogens (primary N) is 1. The van der Waals surface area contributed by atoms with Crippen LogP contribution in [0.2, 0.25) is 0 Å². The molecule has 4 heteroatoms. The second-order valence-electron chi connectivity index (χ2n) is 7.40. The quantitative estimate of drug-likeness (QED) is 0.667. The molecule has 1 saturated carbocycles. The Morgan fingerprint density at radius 3 is 2.67 bits per heavy atom. The van der Waals surface area contributed by atoms with Crippen molar-refractivity contribution in [1.82, 2.24) is 4.90 Å². The van der Waals surface area contributed by atoms with Crippen LogP contribution in [0, 0.1) is 17.2 Å². The Balaban J connectivity index is 1.58. The third-order valence-electron chi connectivity index (χ3n) is 5.53. The number of nitrogen functional groups attached to an aromatic ring is 1. The number of likely N-dealkylation sites (tertiary alicyclic amines) is 1. The number of halogens is 1. The van der Waals surface area contributed by atoms with E-state index in [4.69, 9.17) is 5.73 Å². The normalized spacial score (nSPS) is 20.8. The highest BCUT2D eigenvalue weighted by atomic mass is 19.1. The SMILES string of the molecule is C=C(c1cc(N)ccc1F)N1CC2(CC(/C(C)=C/C(C)=N\C)C2)C1. The van der Waals surface area contributed by atoms with E-state index in [0.717, 1.165) is 24.5 Å². The fraction of sp³-hybridized carbons (Fsp3) is 0.450. The second-order valence-corrected chi connectivity index (χ2v) is 7.40. The summed E-state index contributed by atoms with van der Waals surface area (Å²) in [6.07, 6.45) is 4.60. The van der Waals surface area contributed by atoms with E-state index in [2.05, 4.69) is 29.5 Å². The minimum atomic E-state index is -0.255. The molecule has 24 heavy (non-hydrogen) atoms. The first-order valence-electron chi connectivity index (χ1n) is 8.44. The van der Waals surface area contributed by atoms with Crippen LogP contribution in [0.4, 0.5) is 10.1 Å². The zero-order valence-electron chi connectivity index (χ0n) is 14.8. The molecule has 0 unspecified atom stereocenters. The number of hydrogen-bond donors (Lipinski definition) is 1. The molecule has 128 valence electrons. The molecule has 1 aliphatic heterocycles. The first-order chi connectivity index (χ1) is 11.3. The van der Waals surface area contributed by atoms with E-state index in [0.29, 0.717) is 22.6 Å². The smallest absolute Gasteiger partial charge is 0.132 e. The lowest BCUT2D eigenvalue weighted by atomic mass is 9.56. The number of aliphatic imine (C=N–C) groups is 1. The highest BCUT2D eigenvalue weighted by Crippen LogP contribution is 2.55. The molecule has 0 atom stereocenters. The average Bonchev–Trinajstić information content (AvgIpc) is 2.46. The molecular weight excluding hydrogens is 301 g/mol. The third kappa shape index (κ3) is 2.97. The van der Waals surface area contributed by atoms with E-state index >= 15 is 0 Å². The lowest BCUT2D eigenvalue weighted by molar-refractivity contribution is -0.0532. The summed E-state index contributed by atoms with van der Waals surface area (Å²) in [5.74, 6) is 0.399. The molecule has 1 aliphatic carbocycles. The predicted molar refractivity (Wildman–Crippen MR) is 99.4 cm³/mol. The topological polar surface area (TPSA) is 41.6 Å². The second kappa shape index (κ2) is 6.08. The summed E-state index contributed by atoms with van der Waals surface area (Å²) >= 11 is 0. The summed E-state index contributed by atoms with van der Waals surface area (Å²) in [5.41, 5.74) is 10.5. The first kappa shape index (κ1) is 16.7. The lowest BCUT2D eigenvalue weighted by Gasteiger charge is -2.60. The van der Waals surface area contributed by atoms with Gasteiger partial charge in [0.25, 0.3) is 0 Å². The van der Waals surface area contributed by atoms with Crippen molar-refractivity contribution >= 4 is 17.1 Å². The van der Waals surface area contributed by atoms with Gasteiger partial charge in [-0.2, -0.15) is 0 Å². The molecule has 3 nitrogen and oxygen atoms in total. The molecule has 2 N–H and O–H groups in total. The van der Waals surface area contributed by atoms with E-state index in [1.165, 1.54) is 24.5 Å². The maximum atomic E-state index is 14.0. The van der Waals surface area contributed by atoms with Crippen molar-refractivity contribution in [2.45, 2.75) is 26.7 Å². The largest absolute Gasteiger partial charge is 0.399 e. The fourth-order valence-corrected chi connectivity index (χ4v) is 3.97. The first-order valence-corrected chi connectivity index (χ1v) is 8.44. The number of rotatable bonds is 4. The Bertz CT molecular complexity index is 718. The molecule has 2 aliphatic rings. The van der Waals surface area contributed by atoms with E-state index in [9.17, 15) is 4.39 Å². The van der Waals surface area contributed by atoms with Crippen LogP contribution in [-0.4, -0.2) is 30.7 Å². The van der Waals surface area contributed by atoms with Gasteiger partial charge in [0, 0.05) is 48.2 Å². The van der Waals surface area contributed by atoms with Gasteiger partial charge >= 0.3 is 0 Å². The van der Waals surface area contributed by atoms with Crippen LogP contribution in [-0.2, 0) is 0 Å². The molecule has 0 amide bonds. The average molecular weight is 327 g/mol. The Kier molecular flexibility index (Phi) is 4.24. The van der Waals surface area contributed by atoms with Gasteiger partial charge in [-0.05, 0) is 56.9 Å². The molecular formula is C20H26FN3. The zero-order chi connectivity index (χ0) is 17.5. The number of allylic oxidation sites excluding steroid dienone is 2. The van der Waals surface area contributed by atoms with Crippen molar-refractivity contribution in [3.8, 4) is 0 Å². The molecule has 1 saturated heterocycles. The molecule has 3 rings (SSSR count). The van der Waals surface area contributed by atoms with Gasteiger partial charge in [-0.25, -0.2) is 4.39 Å². The summed E-state index contributed by atoms with van der Waals surface area (Å²) in [5, 5.41) is 0. The molecule has 1 spiro atoms. The van der Waals surface area contributed by atoms with Crippen molar-refractivity contribution in [2.24, 2.45) is 16.3 Å². The van der Waals surface area contributed by atoms with Gasteiger partial charge in [0.05, 0.1) is 0 Å². The fourth-order valence-electron chi connectivity index (χ4n) is 3.97. The lowest BCUT2D eigenvalue weighted by Crippen LogP contribution is -2.61. The van der Waals surface area contributed by atoms with E-state index < -0.39 is 0 Å². The van der Waals surface area contributed by atoms with E-state index in [1.807, 2.05) is 14.0 Å². The Morgan fingerprint density at radius 2 is 2.04 bits per heavy atom. The minimum absolute atomic E-state index is 0.255. The van der Waals surface area contributed by atoms with Gasteiger partial charge in [0.1, 0.15) is 5.82 Å². The third-order valence-corrected chi connectivity index (χ3v) is 5.53. The Morgan fingerprint density at radius 1 is 1.38 bits per heavy atom. The van der Waals surface area contributed by atoms with Crippen LogP contribution >= 0.6 is 0 Å². The summed E-state index contributed by atoms with van der Waals surface area (Å²) < 4.78 is 14.0. The van der Waals surface area contributed by atoms with Gasteiger partial charge in [0.15, 0.2) is 0 Å². The van der Waals surface area contributed by atoms with Crippen LogP contribution in [0.15, 0.2) is 41.4 Å². The number of anilines is 1. The molecule has 0 bridgehead atoms. The minimum Gasteiger partial charge on any atom is -0.399 e. The van der Waals surface area contributed by atoms with Crippen molar-refractivity contribution in [3.05, 3.63) is 47.8 Å². The maximum absolute atomic E-state index is 14.0. The molecule has 0 aromatic heterocycles. The van der Waals surface area contributed by atoms with Crippen molar-refractivity contribution in [3.63, 3.8) is 0 Å². The monoisotopic (exact) mass is 327 g/mol. The number of hydrogen-bond acceptors (Lipinski definition) is 3. The molecule has 1 heterocycles. The molecule has 2 fully saturated rings. The highest BCUT2D eigenvalue weighted by Gasteiger charge is 2.52. The summed E-state index contributed by atoms with van der Waals surface area (Å²) in [6, 6.07) is 4.67. The molecule has 1 aromatic rings. The maximum Gasteiger partial charge on any atom is 0.132 e. The van der Waals surface area contributed by atoms with Crippen molar-refractivity contribution < 1.29 is 4.39 Å². The number of nitrogens with zero attached hydrogens (tertiary/aromatic N) is 2. The standard InChI is InChI=1S/C20H26FN3/c1-13(7-14(2)23-4)16-9-20(10-16)11-24(12-20)15(3)18-8-17(22)5-6-19(18)21/h5-8,16H,3,9-12,22H2,1-2,4H3/b13-7+,23-14-. The summed E-state index contributed by atoms with van der Waals surface area (Å²) in [6.45, 7) is 10.2. The van der Waals surface area contributed by atoms with Crippen LogP contribution in [0.5, 0.6) is 0 Å². The van der Waals surface area contributed by atoms with Gasteiger partial charge in [-0.1, -0.05) is 12.2 Å². The van der Waals surface area contributed by atoms with Crippen molar-refractivity contribution in [2.75, 3.05) is 25.9 Å². The predicted octanol–water partition coefficient (Wildman–Crippen LogP) is 4.13. The van der Waals surface area contributed by atoms with Gasteiger partial charge in [-0.15, -0.1) is 0 Å². The molecule has 0 radical (unpaired) electrons.